The number of nitrogens with zero attached hydrogens (tertiary/aromatic N) is 3. The Labute approximate surface area is 193 Å². The summed E-state index contributed by atoms with van der Waals surface area (Å²) in [5.74, 6) is 0.523. The Morgan fingerprint density at radius 3 is 2.30 bits per heavy atom. The van der Waals surface area contributed by atoms with Crippen LogP contribution in [0.4, 0.5) is 10.5 Å². The summed E-state index contributed by atoms with van der Waals surface area (Å²) >= 11 is 0. The van der Waals surface area contributed by atoms with Crippen LogP contribution >= 0.6 is 0 Å². The van der Waals surface area contributed by atoms with Gasteiger partial charge >= 0.3 is 6.03 Å². The Morgan fingerprint density at radius 1 is 0.970 bits per heavy atom. The predicted molar refractivity (Wildman–Crippen MR) is 133 cm³/mol. The number of nitrogens with one attached hydrogen (secondary N) is 1. The smallest absolute Gasteiger partial charge is 0.315 e. The lowest BCUT2D eigenvalue weighted by molar-refractivity contribution is 0.193. The fraction of sp³-hybridized carbons (Fsp3) is 0.222. The summed E-state index contributed by atoms with van der Waals surface area (Å²) in [6.07, 6.45) is 0. The number of aromatic nitrogens is 2. The quantitative estimate of drug-likeness (QED) is 0.438. The van der Waals surface area contributed by atoms with E-state index in [1.54, 1.807) is 15.5 Å². The zero-order valence-electron chi connectivity index (χ0n) is 19.4. The van der Waals surface area contributed by atoms with Gasteiger partial charge in [-0.15, -0.1) is 0 Å². The number of aryl methyl sites for hydroxylation is 2. The van der Waals surface area contributed by atoms with Gasteiger partial charge in [0.15, 0.2) is 0 Å². The number of amides is 2. The fourth-order valence-electron chi connectivity index (χ4n) is 4.11. The fourth-order valence-corrected chi connectivity index (χ4v) is 4.11. The molecule has 0 spiro atoms. The van der Waals surface area contributed by atoms with Crippen LogP contribution in [0.25, 0.3) is 16.6 Å². The standard InChI is InChI=1S/C27H28N4O2/c1-5-30(27(33)29-22-15-9-6-12-18(22)2)20(4)25-28-23-16-10-8-14-21(23)26(32)31(25)24-17-11-7-13-19(24)3/h6-17,20H,5H2,1-4H3,(H,29,33). The van der Waals surface area contributed by atoms with Crippen LogP contribution in [0.2, 0.25) is 0 Å². The van der Waals surface area contributed by atoms with Crippen molar-refractivity contribution in [1.82, 2.24) is 14.5 Å². The molecule has 0 aliphatic heterocycles. The minimum absolute atomic E-state index is 0.146. The largest absolute Gasteiger partial charge is 0.322 e. The second kappa shape index (κ2) is 9.28. The van der Waals surface area contributed by atoms with Crippen molar-refractivity contribution in [2.75, 3.05) is 11.9 Å². The molecule has 0 radical (unpaired) electrons. The molecule has 1 unspecified atom stereocenters. The molecule has 0 saturated carbocycles. The van der Waals surface area contributed by atoms with Crippen molar-refractivity contribution in [2.45, 2.75) is 33.7 Å². The van der Waals surface area contributed by atoms with Crippen LogP contribution in [0.1, 0.15) is 36.8 Å². The van der Waals surface area contributed by atoms with Gasteiger partial charge in [-0.25, -0.2) is 9.78 Å². The van der Waals surface area contributed by atoms with Gasteiger partial charge in [-0.3, -0.25) is 9.36 Å². The summed E-state index contributed by atoms with van der Waals surface area (Å²) in [6, 6.07) is 22.0. The molecule has 0 aliphatic carbocycles. The van der Waals surface area contributed by atoms with Crippen molar-refractivity contribution >= 4 is 22.6 Å². The number of hydrogen-bond donors (Lipinski definition) is 1. The highest BCUT2D eigenvalue weighted by Gasteiger charge is 2.26. The highest BCUT2D eigenvalue weighted by atomic mass is 16.2. The Morgan fingerprint density at radius 2 is 1.61 bits per heavy atom. The summed E-state index contributed by atoms with van der Waals surface area (Å²) < 4.78 is 1.64. The molecule has 0 saturated heterocycles. The van der Waals surface area contributed by atoms with Gasteiger partial charge in [0.2, 0.25) is 0 Å². The van der Waals surface area contributed by atoms with Gasteiger partial charge in [-0.2, -0.15) is 0 Å². The molecule has 4 aromatic rings. The van der Waals surface area contributed by atoms with Crippen molar-refractivity contribution in [3.8, 4) is 5.69 Å². The Balaban J connectivity index is 1.84. The minimum Gasteiger partial charge on any atom is -0.315 e. The van der Waals surface area contributed by atoms with Gasteiger partial charge < -0.3 is 10.2 Å². The van der Waals surface area contributed by atoms with Crippen molar-refractivity contribution in [3.63, 3.8) is 0 Å². The van der Waals surface area contributed by atoms with E-state index in [2.05, 4.69) is 5.32 Å². The number of hydrogen-bond acceptors (Lipinski definition) is 3. The van der Waals surface area contributed by atoms with Crippen LogP contribution in [0.3, 0.4) is 0 Å². The first-order valence-corrected chi connectivity index (χ1v) is 11.1. The summed E-state index contributed by atoms with van der Waals surface area (Å²) in [7, 11) is 0. The summed E-state index contributed by atoms with van der Waals surface area (Å²) in [5, 5.41) is 3.55. The van der Waals surface area contributed by atoms with E-state index in [1.165, 1.54) is 0 Å². The van der Waals surface area contributed by atoms with E-state index in [0.29, 0.717) is 23.3 Å². The molecule has 0 fully saturated rings. The lowest BCUT2D eigenvalue weighted by Gasteiger charge is -2.30. The third kappa shape index (κ3) is 4.24. The number of benzene rings is 3. The van der Waals surface area contributed by atoms with E-state index in [-0.39, 0.29) is 11.6 Å². The van der Waals surface area contributed by atoms with E-state index in [1.807, 2.05) is 94.4 Å². The van der Waals surface area contributed by atoms with Crippen LogP contribution in [-0.4, -0.2) is 27.0 Å². The molecule has 3 aromatic carbocycles. The van der Waals surface area contributed by atoms with Gasteiger partial charge in [0.1, 0.15) is 5.82 Å². The molecular formula is C27H28N4O2. The molecule has 0 bridgehead atoms. The summed E-state index contributed by atoms with van der Waals surface area (Å²) in [5.41, 5.74) is 3.93. The zero-order chi connectivity index (χ0) is 23.5. The van der Waals surface area contributed by atoms with E-state index in [4.69, 9.17) is 4.98 Å². The third-order valence-corrected chi connectivity index (χ3v) is 5.99. The number of fused-ring (bicyclic) bond motifs is 1. The molecule has 1 heterocycles. The second-order valence-corrected chi connectivity index (χ2v) is 8.12. The number of anilines is 1. The van der Waals surface area contributed by atoms with E-state index in [0.717, 1.165) is 22.5 Å². The zero-order valence-corrected chi connectivity index (χ0v) is 19.4. The molecule has 0 aliphatic rings. The Hall–Kier alpha value is -3.93. The highest BCUT2D eigenvalue weighted by molar-refractivity contribution is 5.90. The third-order valence-electron chi connectivity index (χ3n) is 5.99. The molecule has 1 aromatic heterocycles. The van der Waals surface area contributed by atoms with Crippen molar-refractivity contribution in [1.29, 1.82) is 0 Å². The van der Waals surface area contributed by atoms with E-state index >= 15 is 0 Å². The Kier molecular flexibility index (Phi) is 6.27. The molecular weight excluding hydrogens is 412 g/mol. The van der Waals surface area contributed by atoms with Gasteiger partial charge in [0.25, 0.3) is 5.56 Å². The molecule has 1 N–H and O–H groups in total. The summed E-state index contributed by atoms with van der Waals surface area (Å²) in [6.45, 7) is 8.21. The monoisotopic (exact) mass is 440 g/mol. The SMILES string of the molecule is CCN(C(=O)Nc1ccccc1C)C(C)c1nc2ccccc2c(=O)n1-c1ccccc1C. The van der Waals surface area contributed by atoms with Gasteiger partial charge in [0, 0.05) is 12.2 Å². The van der Waals surface area contributed by atoms with Gasteiger partial charge in [0.05, 0.1) is 22.6 Å². The number of urea groups is 1. The maximum absolute atomic E-state index is 13.6. The van der Waals surface area contributed by atoms with Crippen LogP contribution in [0.5, 0.6) is 0 Å². The van der Waals surface area contributed by atoms with E-state index < -0.39 is 6.04 Å². The molecule has 6 heteroatoms. The predicted octanol–water partition coefficient (Wildman–Crippen LogP) is 5.62. The molecule has 6 nitrogen and oxygen atoms in total. The molecule has 2 amide bonds. The second-order valence-electron chi connectivity index (χ2n) is 8.12. The molecule has 4 rings (SSSR count). The lowest BCUT2D eigenvalue weighted by atomic mass is 10.1. The van der Waals surface area contributed by atoms with E-state index in [9.17, 15) is 9.59 Å². The van der Waals surface area contributed by atoms with Crippen LogP contribution < -0.4 is 10.9 Å². The van der Waals surface area contributed by atoms with Crippen molar-refractivity contribution < 1.29 is 4.79 Å². The van der Waals surface area contributed by atoms with Gasteiger partial charge in [-0.1, -0.05) is 48.5 Å². The highest BCUT2D eigenvalue weighted by Crippen LogP contribution is 2.25. The Bertz CT molecular complexity index is 1380. The first-order chi connectivity index (χ1) is 15.9. The lowest BCUT2D eigenvalue weighted by Crippen LogP contribution is -2.40. The van der Waals surface area contributed by atoms with Crippen molar-refractivity contribution in [2.24, 2.45) is 0 Å². The van der Waals surface area contributed by atoms with Crippen LogP contribution in [0.15, 0.2) is 77.6 Å². The summed E-state index contributed by atoms with van der Waals surface area (Å²) in [4.78, 5) is 33.5. The number of para-hydroxylation sites is 3. The van der Waals surface area contributed by atoms with Crippen LogP contribution in [0, 0.1) is 13.8 Å². The maximum Gasteiger partial charge on any atom is 0.322 e. The first-order valence-electron chi connectivity index (χ1n) is 11.1. The average molecular weight is 441 g/mol. The molecule has 1 atom stereocenters. The first kappa shape index (κ1) is 22.3. The average Bonchev–Trinajstić information content (AvgIpc) is 2.81. The van der Waals surface area contributed by atoms with Crippen LogP contribution in [-0.2, 0) is 0 Å². The number of rotatable bonds is 5. The molecule has 168 valence electrons. The topological polar surface area (TPSA) is 67.2 Å². The number of carbonyl (C=O) groups excluding carboxylic acids is 1. The normalized spacial score (nSPS) is 11.9. The number of carbonyl (C=O) groups is 1. The van der Waals surface area contributed by atoms with Gasteiger partial charge in [-0.05, 0) is 63.1 Å². The minimum atomic E-state index is -0.448. The molecule has 33 heavy (non-hydrogen) atoms. The maximum atomic E-state index is 13.6. The van der Waals surface area contributed by atoms with Crippen molar-refractivity contribution in [3.05, 3.63) is 100 Å².